The average molecular weight is 191 g/mol. The fraction of sp³-hybridized carbons (Fsp3) is 0.300. The van der Waals surface area contributed by atoms with E-state index in [-0.39, 0.29) is 5.91 Å². The number of aromatic nitrogens is 2. The number of hydrogen-bond acceptors (Lipinski definition) is 3. The Morgan fingerprint density at radius 1 is 1.50 bits per heavy atom. The van der Waals surface area contributed by atoms with Crippen LogP contribution in [0, 0.1) is 0 Å². The van der Waals surface area contributed by atoms with E-state index in [0.717, 1.165) is 12.0 Å². The summed E-state index contributed by atoms with van der Waals surface area (Å²) in [5.74, 6) is 0.00134. The molecule has 74 valence electrons. The number of nitrogens with zero attached hydrogens (tertiary/aromatic N) is 2. The molecular weight excluding hydrogens is 178 g/mol. The largest absolute Gasteiger partial charge is 0.356 e. The minimum atomic E-state index is 0.00134. The molecule has 0 atom stereocenters. The molecule has 0 unspecified atom stereocenters. The molecule has 0 aliphatic carbocycles. The Hall–Kier alpha value is -1.71. The lowest BCUT2D eigenvalue weighted by atomic mass is 10.3. The van der Waals surface area contributed by atoms with Crippen molar-refractivity contribution in [3.05, 3.63) is 30.4 Å². The van der Waals surface area contributed by atoms with Gasteiger partial charge in [0.25, 0.3) is 0 Å². The van der Waals surface area contributed by atoms with Crippen molar-refractivity contribution < 1.29 is 4.79 Å². The van der Waals surface area contributed by atoms with Crippen LogP contribution in [0.25, 0.3) is 6.08 Å². The molecule has 0 fully saturated rings. The first kappa shape index (κ1) is 10.4. The van der Waals surface area contributed by atoms with E-state index in [4.69, 9.17) is 0 Å². The van der Waals surface area contributed by atoms with Crippen molar-refractivity contribution in [1.82, 2.24) is 15.3 Å². The van der Waals surface area contributed by atoms with Crippen molar-refractivity contribution in [3.8, 4) is 0 Å². The Bertz CT molecular complexity index is 308. The van der Waals surface area contributed by atoms with E-state index < -0.39 is 0 Å². The summed E-state index contributed by atoms with van der Waals surface area (Å²) >= 11 is 0. The highest BCUT2D eigenvalue weighted by Crippen LogP contribution is 1.96. The fourth-order valence-electron chi connectivity index (χ4n) is 0.948. The number of nitrogens with one attached hydrogen (secondary N) is 1. The van der Waals surface area contributed by atoms with Crippen LogP contribution in [0.5, 0.6) is 0 Å². The normalized spacial score (nSPS) is 10.4. The molecule has 1 aromatic heterocycles. The zero-order valence-electron chi connectivity index (χ0n) is 8.10. The van der Waals surface area contributed by atoms with Gasteiger partial charge in [-0.2, -0.15) is 0 Å². The van der Waals surface area contributed by atoms with Crippen LogP contribution >= 0.6 is 0 Å². The van der Waals surface area contributed by atoms with Crippen molar-refractivity contribution in [3.63, 3.8) is 0 Å². The summed E-state index contributed by atoms with van der Waals surface area (Å²) < 4.78 is 0. The van der Waals surface area contributed by atoms with Gasteiger partial charge in [0.15, 0.2) is 0 Å². The zero-order chi connectivity index (χ0) is 10.2. The summed E-state index contributed by atoms with van der Waals surface area (Å²) in [6.45, 7) is 2.17. The maximum absolute atomic E-state index is 10.5. The molecule has 1 N–H and O–H groups in total. The second-order valence-electron chi connectivity index (χ2n) is 2.85. The Labute approximate surface area is 83.1 Å². The van der Waals surface area contributed by atoms with E-state index >= 15 is 0 Å². The molecule has 14 heavy (non-hydrogen) atoms. The lowest BCUT2D eigenvalue weighted by molar-refractivity contribution is -0.118. The Kier molecular flexibility index (Phi) is 4.34. The molecule has 0 bridgehead atoms. The van der Waals surface area contributed by atoms with Gasteiger partial charge in [0.05, 0.1) is 0 Å². The molecule has 0 saturated heterocycles. The van der Waals surface area contributed by atoms with Crippen molar-refractivity contribution in [2.24, 2.45) is 0 Å². The van der Waals surface area contributed by atoms with Crippen LogP contribution in [-0.2, 0) is 4.79 Å². The van der Waals surface area contributed by atoms with Gasteiger partial charge in [0.2, 0.25) is 5.91 Å². The lowest BCUT2D eigenvalue weighted by Gasteiger charge is -1.96. The van der Waals surface area contributed by atoms with Gasteiger partial charge in [-0.15, -0.1) is 0 Å². The van der Waals surface area contributed by atoms with Gasteiger partial charge >= 0.3 is 0 Å². The molecule has 0 radical (unpaired) electrons. The predicted molar refractivity (Wildman–Crippen MR) is 54.4 cm³/mol. The molecule has 4 nitrogen and oxygen atoms in total. The average Bonchev–Trinajstić information content (AvgIpc) is 2.18. The van der Waals surface area contributed by atoms with Crippen molar-refractivity contribution >= 4 is 12.0 Å². The molecule has 0 saturated carbocycles. The maximum atomic E-state index is 10.5. The standard InChI is InChI=1S/C10H13N3O/c1-9(14)13-5-3-2-4-10-6-11-8-12-7-10/h2,4,6-8H,3,5H2,1H3,(H,13,14). The van der Waals surface area contributed by atoms with Gasteiger partial charge in [-0.1, -0.05) is 12.2 Å². The van der Waals surface area contributed by atoms with Crippen LogP contribution in [-0.4, -0.2) is 22.4 Å². The summed E-state index contributed by atoms with van der Waals surface area (Å²) in [4.78, 5) is 18.3. The summed E-state index contributed by atoms with van der Waals surface area (Å²) in [5.41, 5.74) is 0.968. The van der Waals surface area contributed by atoms with Crippen LogP contribution in [0.1, 0.15) is 18.9 Å². The van der Waals surface area contributed by atoms with Gasteiger partial charge in [-0.3, -0.25) is 4.79 Å². The highest BCUT2D eigenvalue weighted by molar-refractivity contribution is 5.72. The zero-order valence-corrected chi connectivity index (χ0v) is 8.10. The summed E-state index contributed by atoms with van der Waals surface area (Å²) in [7, 11) is 0. The Morgan fingerprint density at radius 2 is 2.21 bits per heavy atom. The van der Waals surface area contributed by atoms with Gasteiger partial charge < -0.3 is 5.32 Å². The third-order valence-corrected chi connectivity index (χ3v) is 1.58. The third kappa shape index (κ3) is 4.35. The van der Waals surface area contributed by atoms with Crippen molar-refractivity contribution in [2.45, 2.75) is 13.3 Å². The number of carbonyl (C=O) groups excluding carboxylic acids is 1. The van der Waals surface area contributed by atoms with Crippen LogP contribution in [0.15, 0.2) is 24.8 Å². The van der Waals surface area contributed by atoms with Gasteiger partial charge in [0.1, 0.15) is 6.33 Å². The van der Waals surface area contributed by atoms with E-state index in [1.807, 2.05) is 12.2 Å². The first-order chi connectivity index (χ1) is 6.79. The van der Waals surface area contributed by atoms with E-state index in [9.17, 15) is 4.79 Å². The van der Waals surface area contributed by atoms with Gasteiger partial charge in [0, 0.05) is 31.4 Å². The first-order valence-corrected chi connectivity index (χ1v) is 4.45. The Balaban J connectivity index is 2.25. The van der Waals surface area contributed by atoms with Crippen molar-refractivity contribution in [2.75, 3.05) is 6.54 Å². The topological polar surface area (TPSA) is 54.9 Å². The molecule has 1 heterocycles. The van der Waals surface area contributed by atoms with E-state index in [2.05, 4.69) is 15.3 Å². The second-order valence-corrected chi connectivity index (χ2v) is 2.85. The Morgan fingerprint density at radius 3 is 2.86 bits per heavy atom. The van der Waals surface area contributed by atoms with Crippen LogP contribution in [0.3, 0.4) is 0 Å². The minimum Gasteiger partial charge on any atom is -0.356 e. The fourth-order valence-corrected chi connectivity index (χ4v) is 0.948. The number of hydrogen-bond donors (Lipinski definition) is 1. The van der Waals surface area contributed by atoms with E-state index in [0.29, 0.717) is 6.54 Å². The third-order valence-electron chi connectivity index (χ3n) is 1.58. The molecule has 0 aliphatic heterocycles. The molecule has 0 aliphatic rings. The first-order valence-electron chi connectivity index (χ1n) is 4.45. The highest BCUT2D eigenvalue weighted by atomic mass is 16.1. The SMILES string of the molecule is CC(=O)NCCC=Cc1cncnc1. The molecular formula is C10H13N3O. The minimum absolute atomic E-state index is 0.00134. The molecule has 1 amide bonds. The number of rotatable bonds is 4. The highest BCUT2D eigenvalue weighted by Gasteiger charge is 1.87. The van der Waals surface area contributed by atoms with E-state index in [1.54, 1.807) is 12.4 Å². The van der Waals surface area contributed by atoms with Crippen LogP contribution in [0.4, 0.5) is 0 Å². The quantitative estimate of drug-likeness (QED) is 0.723. The molecule has 4 heteroatoms. The molecule has 0 aromatic carbocycles. The molecule has 1 rings (SSSR count). The number of carbonyl (C=O) groups is 1. The lowest BCUT2D eigenvalue weighted by Crippen LogP contribution is -2.20. The van der Waals surface area contributed by atoms with Gasteiger partial charge in [-0.05, 0) is 6.42 Å². The summed E-state index contributed by atoms with van der Waals surface area (Å²) in [6, 6.07) is 0. The predicted octanol–water partition coefficient (Wildman–Crippen LogP) is 1.02. The van der Waals surface area contributed by atoms with E-state index in [1.165, 1.54) is 13.3 Å². The maximum Gasteiger partial charge on any atom is 0.216 e. The summed E-state index contributed by atoms with van der Waals surface area (Å²) in [6.07, 6.45) is 9.70. The summed E-state index contributed by atoms with van der Waals surface area (Å²) in [5, 5.41) is 2.71. The van der Waals surface area contributed by atoms with Crippen LogP contribution in [0.2, 0.25) is 0 Å². The van der Waals surface area contributed by atoms with Crippen molar-refractivity contribution in [1.29, 1.82) is 0 Å². The van der Waals surface area contributed by atoms with Crippen LogP contribution < -0.4 is 5.32 Å². The molecule has 0 spiro atoms. The number of amides is 1. The monoisotopic (exact) mass is 191 g/mol. The molecule has 1 aromatic rings. The second kappa shape index (κ2) is 5.85. The van der Waals surface area contributed by atoms with Gasteiger partial charge in [-0.25, -0.2) is 9.97 Å². The smallest absolute Gasteiger partial charge is 0.216 e.